The molecule has 1 aliphatic rings. The van der Waals surface area contributed by atoms with E-state index in [4.69, 9.17) is 0 Å². The fourth-order valence-corrected chi connectivity index (χ4v) is 5.95. The maximum absolute atomic E-state index is 13.4. The number of thiophene rings is 1. The maximum Gasteiger partial charge on any atom is 0.258 e. The molecule has 1 amide bonds. The van der Waals surface area contributed by atoms with Crippen LogP contribution in [0.5, 0.6) is 0 Å². The number of aromatic nitrogens is 1. The van der Waals surface area contributed by atoms with E-state index in [0.29, 0.717) is 17.1 Å². The molecule has 3 aromatic rings. The quantitative estimate of drug-likeness (QED) is 0.698. The Hall–Kier alpha value is -2.14. The van der Waals surface area contributed by atoms with E-state index in [-0.39, 0.29) is 23.9 Å². The van der Waals surface area contributed by atoms with Crippen molar-refractivity contribution in [2.24, 2.45) is 0 Å². The highest BCUT2D eigenvalue weighted by Gasteiger charge is 2.30. The Bertz CT molecular complexity index is 1090. The molecule has 0 atom stereocenters. The first-order valence-corrected chi connectivity index (χ1v) is 11.2. The van der Waals surface area contributed by atoms with Crippen molar-refractivity contribution in [1.82, 2.24) is 9.29 Å². The number of halogens is 1. The summed E-state index contributed by atoms with van der Waals surface area (Å²) in [7, 11) is -3.79. The Labute approximate surface area is 163 Å². The van der Waals surface area contributed by atoms with Crippen LogP contribution in [-0.4, -0.2) is 30.2 Å². The third-order valence-electron chi connectivity index (χ3n) is 4.13. The van der Waals surface area contributed by atoms with E-state index < -0.39 is 15.8 Å². The third kappa shape index (κ3) is 3.65. The lowest BCUT2D eigenvalue weighted by Gasteiger charge is -2.25. The second-order valence-electron chi connectivity index (χ2n) is 5.90. The lowest BCUT2D eigenvalue weighted by molar-refractivity contribution is 0.102. The van der Waals surface area contributed by atoms with Crippen LogP contribution in [0.4, 0.5) is 9.52 Å². The molecule has 1 aliphatic heterocycles. The van der Waals surface area contributed by atoms with E-state index in [2.05, 4.69) is 10.3 Å². The molecule has 10 heteroatoms. The molecular weight excluding hydrogens is 409 g/mol. The van der Waals surface area contributed by atoms with E-state index >= 15 is 0 Å². The lowest BCUT2D eigenvalue weighted by Crippen LogP contribution is -2.35. The monoisotopic (exact) mass is 423 g/mol. The number of nitrogens with one attached hydrogen (secondary N) is 1. The molecule has 0 bridgehead atoms. The first-order valence-electron chi connectivity index (χ1n) is 8.01. The topological polar surface area (TPSA) is 79.4 Å². The zero-order valence-electron chi connectivity index (χ0n) is 13.9. The number of fused-ring (bicyclic) bond motifs is 1. The van der Waals surface area contributed by atoms with E-state index in [1.807, 2.05) is 5.38 Å². The summed E-state index contributed by atoms with van der Waals surface area (Å²) >= 11 is 2.69. The van der Waals surface area contributed by atoms with Crippen LogP contribution in [-0.2, 0) is 23.0 Å². The molecule has 0 unspecified atom stereocenters. The molecule has 0 aliphatic carbocycles. The van der Waals surface area contributed by atoms with Gasteiger partial charge in [0.25, 0.3) is 5.91 Å². The van der Waals surface area contributed by atoms with Crippen LogP contribution in [0.2, 0.25) is 0 Å². The Kier molecular flexibility index (Phi) is 4.81. The minimum atomic E-state index is -3.79. The van der Waals surface area contributed by atoms with Crippen LogP contribution in [0.3, 0.4) is 0 Å². The van der Waals surface area contributed by atoms with E-state index in [1.54, 1.807) is 11.4 Å². The molecule has 3 heterocycles. The first kappa shape index (κ1) is 18.2. The number of sulfonamides is 1. The highest BCUT2D eigenvalue weighted by Crippen LogP contribution is 2.31. The summed E-state index contributed by atoms with van der Waals surface area (Å²) in [5, 5.41) is 6.76. The molecule has 0 radical (unpaired) electrons. The van der Waals surface area contributed by atoms with Crippen molar-refractivity contribution in [2.75, 3.05) is 11.9 Å². The predicted octanol–water partition coefficient (Wildman–Crippen LogP) is 3.34. The molecule has 1 N–H and O–H groups in total. The van der Waals surface area contributed by atoms with Gasteiger partial charge in [-0.2, -0.15) is 15.6 Å². The van der Waals surface area contributed by atoms with Crippen LogP contribution in [0.15, 0.2) is 46.0 Å². The van der Waals surface area contributed by atoms with Gasteiger partial charge in [-0.3, -0.25) is 10.1 Å². The predicted molar refractivity (Wildman–Crippen MR) is 102 cm³/mol. The number of thiazole rings is 1. The minimum absolute atomic E-state index is 0.0681. The van der Waals surface area contributed by atoms with E-state index in [9.17, 15) is 17.6 Å². The standard InChI is InChI=1S/C17H14FN3O3S3/c18-12-2-1-3-13(8-12)27(23,24)21-6-4-14-15(9-21)26-17(19-14)20-16(22)11-5-7-25-10-11/h1-3,5,7-8,10H,4,6,9H2,(H,19,20,22). The van der Waals surface area contributed by atoms with Gasteiger partial charge in [-0.1, -0.05) is 6.07 Å². The number of benzene rings is 1. The number of anilines is 1. The smallest absolute Gasteiger partial charge is 0.258 e. The average Bonchev–Trinajstić information content (AvgIpc) is 3.30. The van der Waals surface area contributed by atoms with E-state index in [0.717, 1.165) is 16.6 Å². The van der Waals surface area contributed by atoms with Gasteiger partial charge < -0.3 is 0 Å². The van der Waals surface area contributed by atoms with Gasteiger partial charge in [0.1, 0.15) is 5.82 Å². The van der Waals surface area contributed by atoms with Crippen molar-refractivity contribution in [3.8, 4) is 0 Å². The van der Waals surface area contributed by atoms with Crippen LogP contribution in [0, 0.1) is 5.82 Å². The molecular formula is C17H14FN3O3S3. The lowest BCUT2D eigenvalue weighted by atomic mass is 10.2. The molecule has 140 valence electrons. The summed E-state index contributed by atoms with van der Waals surface area (Å²) in [4.78, 5) is 17.3. The SMILES string of the molecule is O=C(Nc1nc2c(s1)CN(S(=O)(=O)c1cccc(F)c1)CC2)c1ccsc1. The number of carbonyl (C=O) groups is 1. The third-order valence-corrected chi connectivity index (χ3v) is 7.66. The van der Waals surface area contributed by atoms with Gasteiger partial charge in [0.05, 0.1) is 22.7 Å². The molecule has 0 saturated carbocycles. The molecule has 0 spiro atoms. The Morgan fingerprint density at radius 2 is 2.15 bits per heavy atom. The summed E-state index contributed by atoms with van der Waals surface area (Å²) in [6, 6.07) is 6.71. The van der Waals surface area contributed by atoms with Gasteiger partial charge in [0.2, 0.25) is 10.0 Å². The normalized spacial score (nSPS) is 14.7. The molecule has 27 heavy (non-hydrogen) atoms. The fourth-order valence-electron chi connectivity index (χ4n) is 2.77. The largest absolute Gasteiger partial charge is 0.298 e. The summed E-state index contributed by atoms with van der Waals surface area (Å²) in [6.07, 6.45) is 0.439. The molecule has 4 rings (SSSR count). The zero-order chi connectivity index (χ0) is 19.0. The minimum Gasteiger partial charge on any atom is -0.298 e. The van der Waals surface area contributed by atoms with Crippen molar-refractivity contribution in [3.05, 3.63) is 63.0 Å². The van der Waals surface area contributed by atoms with Gasteiger partial charge in [0.15, 0.2) is 5.13 Å². The number of amides is 1. The van der Waals surface area contributed by atoms with E-state index in [1.165, 1.54) is 45.2 Å². The number of carbonyl (C=O) groups excluding carboxylic acids is 1. The van der Waals surface area contributed by atoms with Gasteiger partial charge in [-0.05, 0) is 29.6 Å². The van der Waals surface area contributed by atoms with Gasteiger partial charge >= 0.3 is 0 Å². The molecule has 2 aromatic heterocycles. The van der Waals surface area contributed by atoms with Crippen molar-refractivity contribution in [1.29, 1.82) is 0 Å². The van der Waals surface area contributed by atoms with Crippen LogP contribution < -0.4 is 5.32 Å². The fraction of sp³-hybridized carbons (Fsp3) is 0.176. The average molecular weight is 424 g/mol. The van der Waals surface area contributed by atoms with Crippen LogP contribution in [0.1, 0.15) is 20.9 Å². The van der Waals surface area contributed by atoms with Crippen molar-refractivity contribution in [2.45, 2.75) is 17.9 Å². The number of nitrogens with zero attached hydrogens (tertiary/aromatic N) is 2. The molecule has 1 aromatic carbocycles. The Balaban J connectivity index is 1.53. The highest BCUT2D eigenvalue weighted by molar-refractivity contribution is 7.89. The van der Waals surface area contributed by atoms with Gasteiger partial charge in [-0.15, -0.1) is 11.3 Å². The Morgan fingerprint density at radius 3 is 2.89 bits per heavy atom. The van der Waals surface area contributed by atoms with Crippen LogP contribution in [0.25, 0.3) is 0 Å². The molecule has 6 nitrogen and oxygen atoms in total. The Morgan fingerprint density at radius 1 is 1.30 bits per heavy atom. The first-order chi connectivity index (χ1) is 12.9. The second kappa shape index (κ2) is 7.12. The highest BCUT2D eigenvalue weighted by atomic mass is 32.2. The summed E-state index contributed by atoms with van der Waals surface area (Å²) in [5.74, 6) is -0.837. The number of hydrogen-bond donors (Lipinski definition) is 1. The zero-order valence-corrected chi connectivity index (χ0v) is 16.3. The van der Waals surface area contributed by atoms with Crippen LogP contribution >= 0.6 is 22.7 Å². The summed E-state index contributed by atoms with van der Waals surface area (Å²) in [5.41, 5.74) is 1.34. The maximum atomic E-state index is 13.4. The van der Waals surface area contributed by atoms with Gasteiger partial charge in [-0.25, -0.2) is 17.8 Å². The van der Waals surface area contributed by atoms with Gasteiger partial charge in [0, 0.05) is 23.2 Å². The number of rotatable bonds is 4. The molecule has 0 fully saturated rings. The molecule has 0 saturated heterocycles. The second-order valence-corrected chi connectivity index (χ2v) is 9.70. The summed E-state index contributed by atoms with van der Waals surface area (Å²) in [6.45, 7) is 0.410. The van der Waals surface area contributed by atoms with Crippen molar-refractivity contribution >= 4 is 43.7 Å². The van der Waals surface area contributed by atoms with Crippen molar-refractivity contribution < 1.29 is 17.6 Å². The van der Waals surface area contributed by atoms with Crippen molar-refractivity contribution in [3.63, 3.8) is 0 Å². The number of hydrogen-bond acceptors (Lipinski definition) is 6. The summed E-state index contributed by atoms with van der Waals surface area (Å²) < 4.78 is 40.3.